The molecule has 28 heavy (non-hydrogen) atoms. The van der Waals surface area contributed by atoms with E-state index in [2.05, 4.69) is 16.0 Å². The second-order valence-electron chi connectivity index (χ2n) is 7.01. The van der Waals surface area contributed by atoms with Crippen LogP contribution in [0.1, 0.15) is 29.5 Å². The molecule has 1 aliphatic heterocycles. The van der Waals surface area contributed by atoms with Gasteiger partial charge in [-0.3, -0.25) is 14.9 Å². The number of benzene rings is 2. The fourth-order valence-electron chi connectivity index (χ4n) is 3.03. The Bertz CT molecular complexity index is 874. The summed E-state index contributed by atoms with van der Waals surface area (Å²) in [5.41, 5.74) is 3.94. The minimum Gasteiger partial charge on any atom is -0.332 e. The van der Waals surface area contributed by atoms with Crippen LogP contribution in [0.5, 0.6) is 0 Å². The van der Waals surface area contributed by atoms with E-state index in [1.54, 1.807) is 11.8 Å². The maximum absolute atomic E-state index is 12.4. The Balaban J connectivity index is 1.52. The van der Waals surface area contributed by atoms with Gasteiger partial charge in [0.1, 0.15) is 5.50 Å². The summed E-state index contributed by atoms with van der Waals surface area (Å²) in [6.45, 7) is 4.05. The van der Waals surface area contributed by atoms with Gasteiger partial charge in [-0.2, -0.15) is 0 Å². The van der Waals surface area contributed by atoms with E-state index in [4.69, 9.17) is 11.6 Å². The molecule has 0 aliphatic carbocycles. The van der Waals surface area contributed by atoms with E-state index in [1.807, 2.05) is 56.3 Å². The number of rotatable bonds is 6. The zero-order valence-corrected chi connectivity index (χ0v) is 17.5. The number of aryl methyl sites for hydroxylation is 2. The van der Waals surface area contributed by atoms with Gasteiger partial charge in [0.15, 0.2) is 0 Å². The topological polar surface area (TPSA) is 70.2 Å². The first-order chi connectivity index (χ1) is 13.4. The minimum absolute atomic E-state index is 0.0497. The Morgan fingerprint density at radius 2 is 2.04 bits per heavy atom. The zero-order chi connectivity index (χ0) is 20.1. The molecule has 2 aromatic rings. The normalized spacial score (nSPS) is 19.2. The molecule has 7 heteroatoms. The molecule has 5 nitrogen and oxygen atoms in total. The van der Waals surface area contributed by atoms with Crippen LogP contribution in [0.25, 0.3) is 0 Å². The number of amides is 2. The molecule has 1 fully saturated rings. The second kappa shape index (κ2) is 9.45. The highest BCUT2D eigenvalue weighted by molar-refractivity contribution is 7.99. The molecule has 0 aromatic heterocycles. The number of hydrogen-bond donors (Lipinski definition) is 3. The van der Waals surface area contributed by atoms with Crippen molar-refractivity contribution in [2.24, 2.45) is 0 Å². The molecule has 3 N–H and O–H groups in total. The lowest BCUT2D eigenvalue weighted by atomic mass is 10.1. The monoisotopic (exact) mass is 417 g/mol. The van der Waals surface area contributed by atoms with E-state index < -0.39 is 0 Å². The molecule has 2 unspecified atom stereocenters. The van der Waals surface area contributed by atoms with Crippen LogP contribution >= 0.6 is 23.4 Å². The summed E-state index contributed by atoms with van der Waals surface area (Å²) in [7, 11) is 0. The summed E-state index contributed by atoms with van der Waals surface area (Å²) >= 11 is 7.58. The number of anilines is 1. The van der Waals surface area contributed by atoms with Crippen molar-refractivity contribution >= 4 is 40.9 Å². The van der Waals surface area contributed by atoms with Crippen LogP contribution < -0.4 is 16.0 Å². The van der Waals surface area contributed by atoms with E-state index >= 15 is 0 Å². The molecular weight excluding hydrogens is 394 g/mol. The maximum Gasteiger partial charge on any atom is 0.225 e. The van der Waals surface area contributed by atoms with Gasteiger partial charge in [0.05, 0.1) is 0 Å². The van der Waals surface area contributed by atoms with Gasteiger partial charge in [-0.15, -0.1) is 11.8 Å². The van der Waals surface area contributed by atoms with Crippen molar-refractivity contribution in [2.45, 2.75) is 44.0 Å². The fraction of sp³-hybridized carbons (Fsp3) is 0.333. The molecule has 0 saturated carbocycles. The predicted octanol–water partition coefficient (Wildman–Crippen LogP) is 3.98. The second-order valence-corrected chi connectivity index (χ2v) is 8.54. The van der Waals surface area contributed by atoms with Gasteiger partial charge in [-0.1, -0.05) is 29.8 Å². The van der Waals surface area contributed by atoms with Crippen molar-refractivity contribution in [3.05, 3.63) is 64.2 Å². The Hall–Kier alpha value is -2.02. The zero-order valence-electron chi connectivity index (χ0n) is 15.9. The van der Waals surface area contributed by atoms with E-state index in [9.17, 15) is 9.59 Å². The number of carbonyl (C=O) groups excluding carboxylic acids is 2. The lowest BCUT2D eigenvalue weighted by molar-refractivity contribution is -0.124. The highest BCUT2D eigenvalue weighted by atomic mass is 35.5. The predicted molar refractivity (Wildman–Crippen MR) is 115 cm³/mol. The standard InChI is InChI=1S/C21H24ClN3O2S/c1-13-6-7-17(8-14(13)2)23-19(26)10-18-11-20(27)25-21(24-18)28-12-15-4-3-5-16(22)9-15/h3-9,18,21,24H,10-12H2,1-2H3,(H,23,26)(H,25,27). The van der Waals surface area contributed by atoms with Crippen LogP contribution in [0.15, 0.2) is 42.5 Å². The summed E-state index contributed by atoms with van der Waals surface area (Å²) in [5, 5.41) is 9.87. The van der Waals surface area contributed by atoms with Gasteiger partial charge < -0.3 is 10.6 Å². The number of nitrogens with one attached hydrogen (secondary N) is 3. The van der Waals surface area contributed by atoms with Crippen molar-refractivity contribution < 1.29 is 9.59 Å². The third kappa shape index (κ3) is 5.99. The van der Waals surface area contributed by atoms with Gasteiger partial charge in [-0.05, 0) is 54.8 Å². The molecule has 0 radical (unpaired) electrons. The van der Waals surface area contributed by atoms with E-state index in [0.717, 1.165) is 16.8 Å². The first-order valence-electron chi connectivity index (χ1n) is 9.17. The third-order valence-electron chi connectivity index (χ3n) is 4.64. The van der Waals surface area contributed by atoms with Crippen LogP contribution in [0.2, 0.25) is 5.02 Å². The molecule has 1 heterocycles. The van der Waals surface area contributed by atoms with Crippen LogP contribution in [0, 0.1) is 13.8 Å². The molecule has 1 aliphatic rings. The Morgan fingerprint density at radius 1 is 1.21 bits per heavy atom. The highest BCUT2D eigenvalue weighted by Crippen LogP contribution is 2.21. The van der Waals surface area contributed by atoms with Crippen molar-refractivity contribution in [3.63, 3.8) is 0 Å². The van der Waals surface area contributed by atoms with Crippen molar-refractivity contribution in [2.75, 3.05) is 5.32 Å². The Morgan fingerprint density at radius 3 is 2.79 bits per heavy atom. The smallest absolute Gasteiger partial charge is 0.225 e. The molecule has 0 bridgehead atoms. The van der Waals surface area contributed by atoms with Gasteiger partial charge in [0.2, 0.25) is 11.8 Å². The number of hydrogen-bond acceptors (Lipinski definition) is 4. The Labute approximate surface area is 174 Å². The van der Waals surface area contributed by atoms with Gasteiger partial charge >= 0.3 is 0 Å². The van der Waals surface area contributed by atoms with E-state index in [1.165, 1.54) is 5.56 Å². The molecular formula is C21H24ClN3O2S. The molecule has 2 aromatic carbocycles. The largest absolute Gasteiger partial charge is 0.332 e. The van der Waals surface area contributed by atoms with Crippen LogP contribution in [0.3, 0.4) is 0 Å². The first-order valence-corrected chi connectivity index (χ1v) is 10.6. The summed E-state index contributed by atoms with van der Waals surface area (Å²) in [6, 6.07) is 13.3. The number of halogens is 1. The highest BCUT2D eigenvalue weighted by Gasteiger charge is 2.27. The SMILES string of the molecule is Cc1ccc(NC(=O)CC2CC(=O)NC(SCc3cccc(Cl)c3)N2)cc1C. The lowest BCUT2D eigenvalue weighted by Gasteiger charge is -2.31. The number of carbonyl (C=O) groups is 2. The van der Waals surface area contributed by atoms with Crippen molar-refractivity contribution in [3.8, 4) is 0 Å². The molecule has 148 valence electrons. The maximum atomic E-state index is 12.4. The van der Waals surface area contributed by atoms with Gasteiger partial charge in [-0.25, -0.2) is 0 Å². The average molecular weight is 418 g/mol. The van der Waals surface area contributed by atoms with Gasteiger partial charge in [0, 0.05) is 35.3 Å². The first kappa shape index (κ1) is 20.7. The molecule has 3 rings (SSSR count). The summed E-state index contributed by atoms with van der Waals surface area (Å²) < 4.78 is 0. The summed E-state index contributed by atoms with van der Waals surface area (Å²) in [5.74, 6) is 0.556. The summed E-state index contributed by atoms with van der Waals surface area (Å²) in [6.07, 6.45) is 0.531. The molecule has 0 spiro atoms. The average Bonchev–Trinajstić information content (AvgIpc) is 2.63. The fourth-order valence-corrected chi connectivity index (χ4v) is 4.28. The van der Waals surface area contributed by atoms with Crippen LogP contribution in [-0.2, 0) is 15.3 Å². The van der Waals surface area contributed by atoms with E-state index in [-0.39, 0.29) is 36.2 Å². The third-order valence-corrected chi connectivity index (χ3v) is 5.96. The quantitative estimate of drug-likeness (QED) is 0.664. The number of thioether (sulfide) groups is 1. The minimum atomic E-state index is -0.236. The van der Waals surface area contributed by atoms with E-state index in [0.29, 0.717) is 10.8 Å². The lowest BCUT2D eigenvalue weighted by Crippen LogP contribution is -2.55. The van der Waals surface area contributed by atoms with Crippen LogP contribution in [-0.4, -0.2) is 23.4 Å². The Kier molecular flexibility index (Phi) is 6.99. The van der Waals surface area contributed by atoms with Crippen molar-refractivity contribution in [1.82, 2.24) is 10.6 Å². The van der Waals surface area contributed by atoms with Crippen LogP contribution in [0.4, 0.5) is 5.69 Å². The molecule has 1 saturated heterocycles. The summed E-state index contributed by atoms with van der Waals surface area (Å²) in [4.78, 5) is 24.5. The van der Waals surface area contributed by atoms with Crippen molar-refractivity contribution in [1.29, 1.82) is 0 Å². The van der Waals surface area contributed by atoms with Gasteiger partial charge in [0.25, 0.3) is 0 Å². The molecule has 2 amide bonds. The molecule has 2 atom stereocenters.